The van der Waals surface area contributed by atoms with E-state index in [1.807, 2.05) is 6.07 Å². The van der Waals surface area contributed by atoms with Gasteiger partial charge in [0.1, 0.15) is 0 Å². The van der Waals surface area contributed by atoms with Crippen LogP contribution in [0.4, 0.5) is 0 Å². The molecule has 3 nitrogen and oxygen atoms in total. The Bertz CT molecular complexity index is 427. The number of nitrogens with zero attached hydrogens (tertiary/aromatic N) is 1. The molecule has 138 valence electrons. The zero-order valence-electron chi connectivity index (χ0n) is 16.4. The molecule has 0 aromatic carbocycles. The standard InChI is InChI=1S/C8H10NO2.3C4H9.Sn/c1-10-8(11-2)7-5-3-4-6-9-7;3*1-3-4-2;/h3-5,8H,1-2H3;3*1,3-4H2,2H3;. The molecule has 1 heterocycles. The van der Waals surface area contributed by atoms with Gasteiger partial charge in [0, 0.05) is 0 Å². The number of ether oxygens (including phenoxy) is 2. The fraction of sp³-hybridized carbons (Fsp3) is 0.750. The Morgan fingerprint density at radius 1 is 0.875 bits per heavy atom. The zero-order chi connectivity index (χ0) is 17.8. The number of pyridine rings is 1. The quantitative estimate of drug-likeness (QED) is 0.302. The van der Waals surface area contributed by atoms with Crippen LogP contribution in [-0.4, -0.2) is 37.6 Å². The number of methoxy groups -OCH3 is 2. The molecule has 24 heavy (non-hydrogen) atoms. The molecule has 0 atom stereocenters. The summed E-state index contributed by atoms with van der Waals surface area (Å²) in [5.41, 5.74) is 0.933. The molecule has 0 bridgehead atoms. The van der Waals surface area contributed by atoms with Gasteiger partial charge in [-0.05, 0) is 0 Å². The van der Waals surface area contributed by atoms with Crippen molar-refractivity contribution < 1.29 is 9.47 Å². The van der Waals surface area contributed by atoms with Gasteiger partial charge in [-0.25, -0.2) is 0 Å². The van der Waals surface area contributed by atoms with E-state index in [2.05, 4.69) is 32.9 Å². The van der Waals surface area contributed by atoms with Crippen LogP contribution in [-0.2, 0) is 9.47 Å². The Kier molecular flexibility index (Phi) is 11.2. The van der Waals surface area contributed by atoms with Crippen molar-refractivity contribution in [2.45, 2.75) is 78.9 Å². The van der Waals surface area contributed by atoms with Crippen molar-refractivity contribution in [3.05, 3.63) is 23.9 Å². The van der Waals surface area contributed by atoms with E-state index in [-0.39, 0.29) is 6.29 Å². The summed E-state index contributed by atoms with van der Waals surface area (Å²) in [4.78, 5) is 5.09. The van der Waals surface area contributed by atoms with Crippen molar-refractivity contribution in [2.24, 2.45) is 0 Å². The molecule has 0 radical (unpaired) electrons. The topological polar surface area (TPSA) is 31.4 Å². The molecule has 0 aliphatic carbocycles. The molecule has 1 aromatic rings. The Hall–Kier alpha value is -0.131. The minimum atomic E-state index is -2.46. The van der Waals surface area contributed by atoms with Crippen molar-refractivity contribution in [1.82, 2.24) is 4.98 Å². The van der Waals surface area contributed by atoms with Gasteiger partial charge in [-0.3, -0.25) is 0 Å². The van der Waals surface area contributed by atoms with Gasteiger partial charge in [-0.2, -0.15) is 0 Å². The van der Waals surface area contributed by atoms with Gasteiger partial charge in [0.2, 0.25) is 0 Å². The Morgan fingerprint density at radius 3 is 1.79 bits per heavy atom. The van der Waals surface area contributed by atoms with E-state index in [0.717, 1.165) is 5.69 Å². The molecule has 0 aliphatic rings. The summed E-state index contributed by atoms with van der Waals surface area (Å²) in [5, 5.41) is 0. The van der Waals surface area contributed by atoms with E-state index in [0.29, 0.717) is 0 Å². The van der Waals surface area contributed by atoms with E-state index >= 15 is 0 Å². The van der Waals surface area contributed by atoms with Crippen molar-refractivity contribution >= 4 is 22.1 Å². The first-order valence-corrected chi connectivity index (χ1v) is 17.2. The van der Waals surface area contributed by atoms with Gasteiger partial charge >= 0.3 is 154 Å². The Morgan fingerprint density at radius 2 is 1.38 bits per heavy atom. The first kappa shape index (κ1) is 21.9. The van der Waals surface area contributed by atoms with Gasteiger partial charge in [0.05, 0.1) is 0 Å². The van der Waals surface area contributed by atoms with Gasteiger partial charge < -0.3 is 0 Å². The van der Waals surface area contributed by atoms with Crippen LogP contribution in [0.25, 0.3) is 0 Å². The molecule has 1 aromatic heterocycles. The van der Waals surface area contributed by atoms with Crippen LogP contribution < -0.4 is 3.71 Å². The third-order valence-corrected chi connectivity index (χ3v) is 20.1. The summed E-state index contributed by atoms with van der Waals surface area (Å²) in [5.74, 6) is 0. The first-order valence-electron chi connectivity index (χ1n) is 9.70. The maximum absolute atomic E-state index is 5.44. The van der Waals surface area contributed by atoms with E-state index < -0.39 is 18.4 Å². The SMILES string of the molecule is CCC[CH2][Sn]([CH2]CCC)([CH2]CCC)[c]1cccc(C(OC)OC)n1. The molecular formula is C20H37NO2Sn. The van der Waals surface area contributed by atoms with Crippen LogP contribution in [0.5, 0.6) is 0 Å². The number of hydrogen-bond donors (Lipinski definition) is 0. The molecule has 0 unspecified atom stereocenters. The van der Waals surface area contributed by atoms with E-state index in [1.165, 1.54) is 55.5 Å². The number of hydrogen-bond acceptors (Lipinski definition) is 3. The summed E-state index contributed by atoms with van der Waals surface area (Å²) in [6.07, 6.45) is 7.58. The van der Waals surface area contributed by atoms with Crippen LogP contribution in [0.2, 0.25) is 13.3 Å². The van der Waals surface area contributed by atoms with Gasteiger partial charge in [0.25, 0.3) is 0 Å². The maximum atomic E-state index is 5.44. The van der Waals surface area contributed by atoms with Gasteiger partial charge in [-0.1, -0.05) is 0 Å². The summed E-state index contributed by atoms with van der Waals surface area (Å²) < 4.78 is 16.6. The fourth-order valence-electron chi connectivity index (χ4n) is 3.52. The average Bonchev–Trinajstić information content (AvgIpc) is 2.63. The van der Waals surface area contributed by atoms with Crippen molar-refractivity contribution in [3.8, 4) is 0 Å². The molecule has 4 heteroatoms. The molecule has 0 saturated heterocycles. The summed E-state index contributed by atoms with van der Waals surface area (Å²) in [7, 11) is 3.37. The monoisotopic (exact) mass is 443 g/mol. The molecule has 0 spiro atoms. The number of rotatable bonds is 13. The second-order valence-corrected chi connectivity index (χ2v) is 19.9. The summed E-state index contributed by atoms with van der Waals surface area (Å²) >= 11 is -2.46. The summed E-state index contributed by atoms with van der Waals surface area (Å²) in [6.45, 7) is 6.93. The second-order valence-electron chi connectivity index (χ2n) is 6.84. The predicted molar refractivity (Wildman–Crippen MR) is 106 cm³/mol. The molecule has 0 saturated carbocycles. The average molecular weight is 442 g/mol. The molecular weight excluding hydrogens is 405 g/mol. The third kappa shape index (κ3) is 6.30. The summed E-state index contributed by atoms with van der Waals surface area (Å²) in [6, 6.07) is 6.51. The third-order valence-electron chi connectivity index (χ3n) is 5.01. The normalized spacial score (nSPS) is 12.1. The number of aromatic nitrogens is 1. The number of unbranched alkanes of at least 4 members (excludes halogenated alkanes) is 3. The van der Waals surface area contributed by atoms with Gasteiger partial charge in [0.15, 0.2) is 0 Å². The fourth-order valence-corrected chi connectivity index (χ4v) is 19.0. The van der Waals surface area contributed by atoms with Crippen molar-refractivity contribution in [3.63, 3.8) is 0 Å². The van der Waals surface area contributed by atoms with Crippen LogP contribution in [0.1, 0.15) is 71.3 Å². The minimum absolute atomic E-state index is 0.350. The molecule has 0 fully saturated rings. The Labute approximate surface area is 153 Å². The van der Waals surface area contributed by atoms with E-state index in [4.69, 9.17) is 14.5 Å². The van der Waals surface area contributed by atoms with E-state index in [1.54, 1.807) is 14.2 Å². The van der Waals surface area contributed by atoms with E-state index in [9.17, 15) is 0 Å². The van der Waals surface area contributed by atoms with Crippen LogP contribution in [0.15, 0.2) is 18.2 Å². The van der Waals surface area contributed by atoms with Crippen LogP contribution in [0.3, 0.4) is 0 Å². The molecule has 1 rings (SSSR count). The Balaban J connectivity index is 3.20. The van der Waals surface area contributed by atoms with Crippen molar-refractivity contribution in [1.29, 1.82) is 0 Å². The van der Waals surface area contributed by atoms with Crippen molar-refractivity contribution in [2.75, 3.05) is 14.2 Å². The second kappa shape index (κ2) is 12.3. The van der Waals surface area contributed by atoms with Crippen LogP contribution >= 0.6 is 0 Å². The predicted octanol–water partition coefficient (Wildman–Crippen LogP) is 5.43. The molecule has 0 amide bonds. The van der Waals surface area contributed by atoms with Crippen LogP contribution in [0, 0.1) is 0 Å². The first-order chi connectivity index (χ1) is 11.7. The molecule has 0 aliphatic heterocycles. The van der Waals surface area contributed by atoms with Gasteiger partial charge in [-0.15, -0.1) is 0 Å². The zero-order valence-corrected chi connectivity index (χ0v) is 19.3. The molecule has 0 N–H and O–H groups in total.